The van der Waals surface area contributed by atoms with E-state index in [1.54, 1.807) is 18.7 Å². The van der Waals surface area contributed by atoms with Crippen LogP contribution in [0.25, 0.3) is 0 Å². The van der Waals surface area contributed by atoms with Crippen molar-refractivity contribution in [3.63, 3.8) is 0 Å². The lowest BCUT2D eigenvalue weighted by molar-refractivity contribution is -0.118. The summed E-state index contributed by atoms with van der Waals surface area (Å²) in [6.07, 6.45) is 5.79. The van der Waals surface area contributed by atoms with Crippen molar-refractivity contribution in [3.8, 4) is 0 Å². The zero-order valence-corrected chi connectivity index (χ0v) is 18.5. The topological polar surface area (TPSA) is 77.0 Å². The molecule has 0 heterocycles. The maximum Gasteiger partial charge on any atom is 0.217 e. The van der Waals surface area contributed by atoms with Crippen molar-refractivity contribution in [2.45, 2.75) is 33.6 Å². The highest BCUT2D eigenvalue weighted by Crippen LogP contribution is 2.42. The number of thiol groups is 1. The van der Waals surface area contributed by atoms with Gasteiger partial charge in [-0.2, -0.15) is 0 Å². The van der Waals surface area contributed by atoms with Gasteiger partial charge in [-0.05, 0) is 50.0 Å². The van der Waals surface area contributed by atoms with Gasteiger partial charge in [-0.1, -0.05) is 0 Å². The average Bonchev–Trinajstić information content (AvgIpc) is 3.31. The molecule has 0 saturated heterocycles. The van der Waals surface area contributed by atoms with E-state index >= 15 is 0 Å². The van der Waals surface area contributed by atoms with Crippen LogP contribution in [0.3, 0.4) is 0 Å². The van der Waals surface area contributed by atoms with Crippen molar-refractivity contribution < 1.29 is 9.90 Å². The number of rotatable bonds is 11. The molecule has 1 saturated carbocycles. The van der Waals surface area contributed by atoms with Gasteiger partial charge in [0.1, 0.15) is 0 Å². The largest absolute Gasteiger partial charge is 0.513 e. The van der Waals surface area contributed by atoms with Gasteiger partial charge in [0.05, 0.1) is 28.6 Å². The lowest BCUT2D eigenvalue weighted by atomic mass is 10.2. The lowest BCUT2D eigenvalue weighted by Crippen LogP contribution is -2.22. The molecule has 0 aromatic rings. The molecule has 1 fully saturated rings. The van der Waals surface area contributed by atoms with E-state index in [1.165, 1.54) is 18.7 Å². The summed E-state index contributed by atoms with van der Waals surface area (Å²) in [7, 11) is 3.96. The lowest BCUT2D eigenvalue weighted by Gasteiger charge is -2.20. The van der Waals surface area contributed by atoms with Crippen molar-refractivity contribution in [2.24, 2.45) is 16.8 Å². The summed E-state index contributed by atoms with van der Waals surface area (Å²) in [4.78, 5) is 18.6. The Bertz CT molecular complexity index is 623. The standard InChI is InChI=1S/C19H32N4O2S2/c1-13(24)8-17-9-16(17)6-7-20-11-21-18(10-26)19(14(2)23(4)5)27-12-22-15(3)25/h8,10-11,16-17,24,26H,6-7,9,12H2,1-5H3,(H,20,21)(H,22,25)/b13-8+,18-10-,19-14-. The van der Waals surface area contributed by atoms with Crippen molar-refractivity contribution in [2.75, 3.05) is 26.5 Å². The minimum atomic E-state index is -0.0557. The summed E-state index contributed by atoms with van der Waals surface area (Å²) in [5.41, 5.74) is 1.91. The van der Waals surface area contributed by atoms with Crippen molar-refractivity contribution in [1.29, 1.82) is 0 Å². The number of thioether (sulfide) groups is 1. The predicted molar refractivity (Wildman–Crippen MR) is 119 cm³/mol. The molecule has 152 valence electrons. The second-order valence-corrected chi connectivity index (χ2v) is 8.05. The summed E-state index contributed by atoms with van der Waals surface area (Å²) in [6, 6.07) is 0. The van der Waals surface area contributed by atoms with E-state index in [9.17, 15) is 9.90 Å². The Labute approximate surface area is 172 Å². The first kappa shape index (κ1) is 23.5. The number of hydrogen-bond donors (Lipinski definition) is 4. The van der Waals surface area contributed by atoms with Crippen molar-refractivity contribution >= 4 is 36.6 Å². The van der Waals surface area contributed by atoms with Gasteiger partial charge in [-0.3, -0.25) is 9.79 Å². The number of allylic oxidation sites excluding steroid dienone is 3. The summed E-state index contributed by atoms with van der Waals surface area (Å²) in [6.45, 7) is 5.99. The molecule has 6 nitrogen and oxygen atoms in total. The molecular weight excluding hydrogens is 380 g/mol. The van der Waals surface area contributed by atoms with Crippen LogP contribution in [0, 0.1) is 11.8 Å². The van der Waals surface area contributed by atoms with E-state index in [2.05, 4.69) is 28.3 Å². The molecule has 0 spiro atoms. The summed E-state index contributed by atoms with van der Waals surface area (Å²) < 4.78 is 0. The Hall–Kier alpha value is -1.54. The van der Waals surface area contributed by atoms with Crippen LogP contribution in [0.4, 0.5) is 0 Å². The Balaban J connectivity index is 2.56. The second-order valence-electron chi connectivity index (χ2n) is 6.81. The van der Waals surface area contributed by atoms with E-state index in [-0.39, 0.29) is 5.91 Å². The molecule has 27 heavy (non-hydrogen) atoms. The Morgan fingerprint density at radius 3 is 2.63 bits per heavy atom. The highest BCUT2D eigenvalue weighted by Gasteiger charge is 2.34. The third-order valence-corrected chi connectivity index (χ3v) is 5.63. The van der Waals surface area contributed by atoms with Gasteiger partial charge in [-0.15, -0.1) is 24.4 Å². The highest BCUT2D eigenvalue weighted by molar-refractivity contribution is 8.03. The SMILES string of the molecule is CC(=O)NCSC(/C(=C/S)NC=NCCC1CC1/C=C(\C)O)=C(/C)N(C)C. The molecule has 2 atom stereocenters. The van der Waals surface area contributed by atoms with Crippen LogP contribution in [0.15, 0.2) is 38.5 Å². The van der Waals surface area contributed by atoms with Crippen LogP contribution < -0.4 is 10.6 Å². The number of nitrogens with one attached hydrogen (secondary N) is 2. The van der Waals surface area contributed by atoms with Crippen LogP contribution in [-0.4, -0.2) is 48.8 Å². The monoisotopic (exact) mass is 412 g/mol. The molecule has 2 unspecified atom stereocenters. The number of hydrogen-bond acceptors (Lipinski definition) is 6. The van der Waals surface area contributed by atoms with Gasteiger partial charge >= 0.3 is 0 Å². The maximum absolute atomic E-state index is 11.1. The smallest absolute Gasteiger partial charge is 0.217 e. The Kier molecular flexibility index (Phi) is 10.5. The third kappa shape index (κ3) is 9.28. The number of aliphatic hydroxyl groups excluding tert-OH is 1. The summed E-state index contributed by atoms with van der Waals surface area (Å²) in [5, 5.41) is 17.0. The van der Waals surface area contributed by atoms with E-state index in [0.717, 1.165) is 35.7 Å². The fourth-order valence-electron chi connectivity index (χ4n) is 2.49. The van der Waals surface area contributed by atoms with Gasteiger partial charge in [0.25, 0.3) is 0 Å². The van der Waals surface area contributed by atoms with Crippen molar-refractivity contribution in [1.82, 2.24) is 15.5 Å². The molecular formula is C19H32N4O2S2. The predicted octanol–water partition coefficient (Wildman–Crippen LogP) is 3.48. The second kappa shape index (κ2) is 12.0. The van der Waals surface area contributed by atoms with Crippen LogP contribution in [-0.2, 0) is 4.79 Å². The van der Waals surface area contributed by atoms with Gasteiger partial charge in [-0.25, -0.2) is 0 Å². The molecule has 0 aliphatic heterocycles. The average molecular weight is 413 g/mol. The van der Waals surface area contributed by atoms with Gasteiger partial charge in [0.2, 0.25) is 5.91 Å². The molecule has 1 amide bonds. The molecule has 1 aliphatic carbocycles. The first-order chi connectivity index (χ1) is 12.8. The quantitative estimate of drug-likeness (QED) is 0.104. The van der Waals surface area contributed by atoms with E-state index < -0.39 is 0 Å². The number of nitrogens with zero attached hydrogens (tertiary/aromatic N) is 2. The molecule has 1 rings (SSSR count). The van der Waals surface area contributed by atoms with Crippen LogP contribution >= 0.6 is 24.4 Å². The molecule has 1 aliphatic rings. The Morgan fingerprint density at radius 1 is 1.37 bits per heavy atom. The normalized spacial score (nSPS) is 21.1. The number of carbonyl (C=O) groups is 1. The molecule has 8 heteroatoms. The number of aliphatic hydroxyl groups is 1. The Morgan fingerprint density at radius 2 is 2.07 bits per heavy atom. The zero-order chi connectivity index (χ0) is 20.4. The van der Waals surface area contributed by atoms with Gasteiger partial charge in [0.15, 0.2) is 0 Å². The number of carbonyl (C=O) groups excluding carboxylic acids is 1. The molecule has 0 aromatic heterocycles. The van der Waals surface area contributed by atoms with Crippen LogP contribution in [0.1, 0.15) is 33.6 Å². The van der Waals surface area contributed by atoms with E-state index in [4.69, 9.17) is 0 Å². The minimum Gasteiger partial charge on any atom is -0.513 e. The minimum absolute atomic E-state index is 0.0557. The fourth-order valence-corrected chi connectivity index (χ4v) is 3.86. The van der Waals surface area contributed by atoms with Gasteiger partial charge in [0, 0.05) is 33.3 Å². The van der Waals surface area contributed by atoms with Crippen LogP contribution in [0.5, 0.6) is 0 Å². The summed E-state index contributed by atoms with van der Waals surface area (Å²) >= 11 is 5.86. The first-order valence-electron chi connectivity index (χ1n) is 8.98. The van der Waals surface area contributed by atoms with Gasteiger partial charge < -0.3 is 20.6 Å². The first-order valence-corrected chi connectivity index (χ1v) is 10.5. The summed E-state index contributed by atoms with van der Waals surface area (Å²) in [5.74, 6) is 1.97. The fraction of sp³-hybridized carbons (Fsp3) is 0.579. The third-order valence-electron chi connectivity index (χ3n) is 4.28. The molecule has 0 bridgehead atoms. The maximum atomic E-state index is 11.1. The van der Waals surface area contributed by atoms with Crippen LogP contribution in [0.2, 0.25) is 0 Å². The van der Waals surface area contributed by atoms with E-state index in [1.807, 2.05) is 32.0 Å². The zero-order valence-electron chi connectivity index (χ0n) is 16.8. The highest BCUT2D eigenvalue weighted by atomic mass is 32.2. The number of aliphatic imine (C=N–C) groups is 1. The molecule has 0 aromatic carbocycles. The molecule has 3 N–H and O–H groups in total. The molecule has 0 radical (unpaired) electrons. The van der Waals surface area contributed by atoms with Crippen molar-refractivity contribution in [3.05, 3.63) is 33.5 Å². The number of amides is 1. The van der Waals surface area contributed by atoms with E-state index in [0.29, 0.717) is 23.5 Å².